The molecule has 26 heavy (non-hydrogen) atoms. The highest BCUT2D eigenvalue weighted by atomic mass is 14.3. The largest absolute Gasteiger partial charge is 0.0654 e. The van der Waals surface area contributed by atoms with Crippen LogP contribution in [0.15, 0.2) is 48.5 Å². The molecule has 1 fully saturated rings. The molecule has 0 radical (unpaired) electrons. The van der Waals surface area contributed by atoms with Gasteiger partial charge in [0.05, 0.1) is 0 Å². The van der Waals surface area contributed by atoms with Crippen molar-refractivity contribution in [2.75, 3.05) is 0 Å². The van der Waals surface area contributed by atoms with Crippen LogP contribution in [0.2, 0.25) is 0 Å². The van der Waals surface area contributed by atoms with Gasteiger partial charge in [0.2, 0.25) is 0 Å². The Bertz CT molecular complexity index is 680. The number of benzene rings is 2. The lowest BCUT2D eigenvalue weighted by Crippen LogP contribution is -2.13. The summed E-state index contributed by atoms with van der Waals surface area (Å²) in [5.74, 6) is 2.36. The minimum absolute atomic E-state index is 0.595. The third-order valence-corrected chi connectivity index (χ3v) is 6.02. The van der Waals surface area contributed by atoms with Crippen LogP contribution in [0.25, 0.3) is 12.2 Å². The van der Waals surface area contributed by atoms with E-state index >= 15 is 0 Å². The summed E-state index contributed by atoms with van der Waals surface area (Å²) in [6, 6.07) is 18.2. The van der Waals surface area contributed by atoms with Crippen LogP contribution in [-0.4, -0.2) is 0 Å². The molecule has 1 saturated carbocycles. The highest BCUT2D eigenvalue weighted by Gasteiger charge is 2.21. The Balaban J connectivity index is 1.57. The Morgan fingerprint density at radius 3 is 1.85 bits per heavy atom. The lowest BCUT2D eigenvalue weighted by Gasteiger charge is -2.28. The first-order chi connectivity index (χ1) is 12.7. The molecule has 2 aromatic carbocycles. The number of rotatable bonds is 6. The van der Waals surface area contributed by atoms with Crippen LogP contribution in [0.4, 0.5) is 0 Å². The van der Waals surface area contributed by atoms with E-state index in [0.29, 0.717) is 5.92 Å². The molecular formula is C26H34. The van der Waals surface area contributed by atoms with Gasteiger partial charge in [0.25, 0.3) is 0 Å². The SMILES string of the molecule is CCCC1CCC(c2ccc(/C=C/c3ccc(C(C)C)cc3)cc2)CC1. The van der Waals surface area contributed by atoms with E-state index in [1.807, 2.05) is 0 Å². The maximum atomic E-state index is 2.35. The summed E-state index contributed by atoms with van der Waals surface area (Å²) in [4.78, 5) is 0. The minimum atomic E-state index is 0.595. The predicted octanol–water partition coefficient (Wildman–Crippen LogP) is 8.05. The van der Waals surface area contributed by atoms with Crippen molar-refractivity contribution in [3.8, 4) is 0 Å². The number of hydrogen-bond acceptors (Lipinski definition) is 0. The monoisotopic (exact) mass is 346 g/mol. The zero-order chi connectivity index (χ0) is 18.4. The summed E-state index contributed by atoms with van der Waals surface area (Å²) in [6.45, 7) is 6.79. The fourth-order valence-corrected chi connectivity index (χ4v) is 4.26. The normalized spacial score (nSPS) is 20.8. The summed E-state index contributed by atoms with van der Waals surface area (Å²) < 4.78 is 0. The van der Waals surface area contributed by atoms with Crippen molar-refractivity contribution < 1.29 is 0 Å². The van der Waals surface area contributed by atoms with E-state index in [1.165, 1.54) is 55.2 Å². The standard InChI is InChI=1S/C26H34/c1-4-5-21-10-16-25(17-11-21)26-18-12-23(13-19-26)7-6-22-8-14-24(15-9-22)20(2)3/h6-9,12-15,18-21,25H,4-5,10-11,16-17H2,1-3H3/b7-6+. The Labute approximate surface area is 160 Å². The first-order valence-electron chi connectivity index (χ1n) is 10.5. The Kier molecular flexibility index (Phi) is 6.72. The van der Waals surface area contributed by atoms with Gasteiger partial charge < -0.3 is 0 Å². The van der Waals surface area contributed by atoms with Gasteiger partial charge in [0.15, 0.2) is 0 Å². The first-order valence-corrected chi connectivity index (χ1v) is 10.5. The second kappa shape index (κ2) is 9.21. The van der Waals surface area contributed by atoms with Gasteiger partial charge >= 0.3 is 0 Å². The van der Waals surface area contributed by atoms with Gasteiger partial charge in [-0.05, 0) is 65.7 Å². The summed E-state index contributed by atoms with van der Waals surface area (Å²) in [7, 11) is 0. The van der Waals surface area contributed by atoms with Gasteiger partial charge in [0.1, 0.15) is 0 Å². The van der Waals surface area contributed by atoms with Gasteiger partial charge in [-0.25, -0.2) is 0 Å². The van der Waals surface area contributed by atoms with E-state index in [9.17, 15) is 0 Å². The first kappa shape index (κ1) is 19.0. The van der Waals surface area contributed by atoms with Crippen LogP contribution >= 0.6 is 0 Å². The van der Waals surface area contributed by atoms with Gasteiger partial charge in [-0.3, -0.25) is 0 Å². The van der Waals surface area contributed by atoms with Crippen molar-refractivity contribution in [3.63, 3.8) is 0 Å². The molecule has 1 aliphatic carbocycles. The predicted molar refractivity (Wildman–Crippen MR) is 116 cm³/mol. The smallest absolute Gasteiger partial charge is 0.0162 e. The molecule has 0 atom stereocenters. The maximum absolute atomic E-state index is 2.35. The van der Waals surface area contributed by atoms with Crippen LogP contribution < -0.4 is 0 Å². The molecule has 0 spiro atoms. The Morgan fingerprint density at radius 2 is 1.35 bits per heavy atom. The molecule has 0 nitrogen and oxygen atoms in total. The average Bonchev–Trinajstić information content (AvgIpc) is 2.68. The van der Waals surface area contributed by atoms with Crippen LogP contribution in [0.5, 0.6) is 0 Å². The van der Waals surface area contributed by atoms with Crippen molar-refractivity contribution in [3.05, 3.63) is 70.8 Å². The molecular weight excluding hydrogens is 312 g/mol. The summed E-state index contributed by atoms with van der Waals surface area (Å²) in [5, 5.41) is 0. The van der Waals surface area contributed by atoms with E-state index in [4.69, 9.17) is 0 Å². The Morgan fingerprint density at radius 1 is 0.808 bits per heavy atom. The molecule has 138 valence electrons. The quantitative estimate of drug-likeness (QED) is 0.464. The minimum Gasteiger partial charge on any atom is -0.0654 e. The van der Waals surface area contributed by atoms with Gasteiger partial charge in [-0.15, -0.1) is 0 Å². The summed E-state index contributed by atoms with van der Waals surface area (Å²) in [6.07, 6.45) is 12.8. The van der Waals surface area contributed by atoms with Crippen LogP contribution in [0, 0.1) is 5.92 Å². The molecule has 0 aromatic heterocycles. The van der Waals surface area contributed by atoms with Gasteiger partial charge in [-0.1, -0.05) is 94.3 Å². The molecule has 0 aliphatic heterocycles. The second-order valence-corrected chi connectivity index (χ2v) is 8.33. The van der Waals surface area contributed by atoms with Crippen molar-refractivity contribution in [2.24, 2.45) is 5.92 Å². The highest BCUT2D eigenvalue weighted by Crippen LogP contribution is 2.37. The molecule has 2 aromatic rings. The third kappa shape index (κ3) is 5.10. The van der Waals surface area contributed by atoms with Crippen molar-refractivity contribution >= 4 is 12.2 Å². The molecule has 0 unspecified atom stereocenters. The van der Waals surface area contributed by atoms with E-state index in [0.717, 1.165) is 11.8 Å². The van der Waals surface area contributed by atoms with Crippen LogP contribution in [0.1, 0.15) is 93.4 Å². The molecule has 0 amide bonds. The van der Waals surface area contributed by atoms with E-state index in [2.05, 4.69) is 81.5 Å². The molecule has 0 bridgehead atoms. The summed E-state index contributed by atoms with van der Waals surface area (Å²) in [5.41, 5.74) is 5.51. The zero-order valence-electron chi connectivity index (χ0n) is 16.7. The van der Waals surface area contributed by atoms with Crippen molar-refractivity contribution in [2.45, 2.75) is 71.1 Å². The van der Waals surface area contributed by atoms with E-state index in [1.54, 1.807) is 5.56 Å². The van der Waals surface area contributed by atoms with Gasteiger partial charge in [-0.2, -0.15) is 0 Å². The molecule has 3 rings (SSSR count). The van der Waals surface area contributed by atoms with Crippen molar-refractivity contribution in [1.82, 2.24) is 0 Å². The van der Waals surface area contributed by atoms with E-state index < -0.39 is 0 Å². The van der Waals surface area contributed by atoms with Crippen LogP contribution in [-0.2, 0) is 0 Å². The Hall–Kier alpha value is -1.82. The fourth-order valence-electron chi connectivity index (χ4n) is 4.26. The molecule has 0 heteroatoms. The topological polar surface area (TPSA) is 0 Å². The zero-order valence-corrected chi connectivity index (χ0v) is 16.7. The summed E-state index contributed by atoms with van der Waals surface area (Å²) >= 11 is 0. The molecule has 0 N–H and O–H groups in total. The fraction of sp³-hybridized carbons (Fsp3) is 0.462. The van der Waals surface area contributed by atoms with E-state index in [-0.39, 0.29) is 0 Å². The molecule has 1 aliphatic rings. The highest BCUT2D eigenvalue weighted by molar-refractivity contribution is 5.69. The lowest BCUT2D eigenvalue weighted by atomic mass is 9.77. The average molecular weight is 347 g/mol. The number of hydrogen-bond donors (Lipinski definition) is 0. The molecule has 0 heterocycles. The van der Waals surface area contributed by atoms with Gasteiger partial charge in [0, 0.05) is 0 Å². The maximum Gasteiger partial charge on any atom is -0.0162 e. The third-order valence-electron chi connectivity index (χ3n) is 6.02. The molecule has 0 saturated heterocycles. The lowest BCUT2D eigenvalue weighted by molar-refractivity contribution is 0.308. The second-order valence-electron chi connectivity index (χ2n) is 8.33. The van der Waals surface area contributed by atoms with Crippen molar-refractivity contribution in [1.29, 1.82) is 0 Å². The van der Waals surface area contributed by atoms with Crippen LogP contribution in [0.3, 0.4) is 0 Å².